The van der Waals surface area contributed by atoms with Crippen molar-refractivity contribution in [2.45, 2.75) is 31.8 Å². The molecule has 8 nitrogen and oxygen atoms in total. The number of nitriles is 1. The number of nitro groups is 1. The first-order valence-corrected chi connectivity index (χ1v) is 8.47. The quantitative estimate of drug-likeness (QED) is 0.638. The standard InChI is InChI=1S/C17H21N5O3/c1-12(17(23)19-14-3-4-14)20-6-8-21(9-7-20)15-5-2-13(11-18)16(10-15)22(24)25/h2,5,10,12,14H,3-4,6-9H2,1H3,(H,19,23)/t12-/m1/s1. The average molecular weight is 343 g/mol. The van der Waals surface area contributed by atoms with Crippen LogP contribution < -0.4 is 10.2 Å². The Hall–Kier alpha value is -2.66. The predicted molar refractivity (Wildman–Crippen MR) is 92.2 cm³/mol. The van der Waals surface area contributed by atoms with E-state index in [0.29, 0.717) is 32.2 Å². The number of amides is 1. The number of nitro benzene ring substituents is 1. The predicted octanol–water partition coefficient (Wildman–Crippen LogP) is 1.26. The summed E-state index contributed by atoms with van der Waals surface area (Å²) in [4.78, 5) is 26.9. The highest BCUT2D eigenvalue weighted by Gasteiger charge is 2.30. The molecule has 0 radical (unpaired) electrons. The van der Waals surface area contributed by atoms with E-state index in [0.717, 1.165) is 18.5 Å². The number of anilines is 1. The molecule has 1 saturated heterocycles. The van der Waals surface area contributed by atoms with Crippen LogP contribution in [0.3, 0.4) is 0 Å². The molecule has 1 N–H and O–H groups in total. The normalized spacial score (nSPS) is 19.1. The molecule has 1 saturated carbocycles. The van der Waals surface area contributed by atoms with Crippen molar-refractivity contribution in [1.29, 1.82) is 5.26 Å². The summed E-state index contributed by atoms with van der Waals surface area (Å²) < 4.78 is 0. The van der Waals surface area contributed by atoms with Gasteiger partial charge in [-0.05, 0) is 31.9 Å². The summed E-state index contributed by atoms with van der Waals surface area (Å²) in [6.07, 6.45) is 2.15. The zero-order valence-electron chi connectivity index (χ0n) is 14.1. The van der Waals surface area contributed by atoms with Crippen molar-refractivity contribution in [3.8, 4) is 6.07 Å². The van der Waals surface area contributed by atoms with Gasteiger partial charge in [-0.3, -0.25) is 19.8 Å². The molecule has 0 bridgehead atoms. The minimum atomic E-state index is -0.525. The minimum absolute atomic E-state index is 0.0674. The zero-order chi connectivity index (χ0) is 18.0. The van der Waals surface area contributed by atoms with Gasteiger partial charge in [0.25, 0.3) is 5.69 Å². The van der Waals surface area contributed by atoms with Gasteiger partial charge in [-0.1, -0.05) is 0 Å². The van der Waals surface area contributed by atoms with Gasteiger partial charge >= 0.3 is 0 Å². The third-order valence-corrected chi connectivity index (χ3v) is 4.83. The molecule has 132 valence electrons. The van der Waals surface area contributed by atoms with Crippen LogP contribution >= 0.6 is 0 Å². The van der Waals surface area contributed by atoms with Crippen molar-refractivity contribution in [3.63, 3.8) is 0 Å². The number of hydrogen-bond donors (Lipinski definition) is 1. The lowest BCUT2D eigenvalue weighted by Gasteiger charge is -2.38. The summed E-state index contributed by atoms with van der Waals surface area (Å²) in [7, 11) is 0. The number of carbonyl (C=O) groups is 1. The number of benzene rings is 1. The second kappa shape index (κ2) is 7.07. The average Bonchev–Trinajstić information content (AvgIpc) is 3.44. The number of nitrogens with one attached hydrogen (secondary N) is 1. The Morgan fingerprint density at radius 3 is 2.60 bits per heavy atom. The molecule has 0 unspecified atom stereocenters. The second-order valence-corrected chi connectivity index (χ2v) is 6.55. The van der Waals surface area contributed by atoms with Gasteiger partial charge in [0.05, 0.1) is 11.0 Å². The fraction of sp³-hybridized carbons (Fsp3) is 0.529. The van der Waals surface area contributed by atoms with Crippen LogP contribution in [0.1, 0.15) is 25.3 Å². The summed E-state index contributed by atoms with van der Waals surface area (Å²) in [5, 5.41) is 23.1. The van der Waals surface area contributed by atoms with Gasteiger partial charge in [-0.2, -0.15) is 5.26 Å². The highest BCUT2D eigenvalue weighted by Crippen LogP contribution is 2.26. The highest BCUT2D eigenvalue weighted by molar-refractivity contribution is 5.81. The zero-order valence-corrected chi connectivity index (χ0v) is 14.1. The molecule has 0 spiro atoms. The molecule has 2 fully saturated rings. The van der Waals surface area contributed by atoms with Gasteiger partial charge in [0, 0.05) is 44.0 Å². The molecule has 0 aromatic heterocycles. The third kappa shape index (κ3) is 3.88. The Kier molecular flexibility index (Phi) is 4.86. The van der Waals surface area contributed by atoms with E-state index in [4.69, 9.17) is 5.26 Å². The Morgan fingerprint density at radius 2 is 2.04 bits per heavy atom. The van der Waals surface area contributed by atoms with Gasteiger partial charge in [0.15, 0.2) is 0 Å². The fourth-order valence-electron chi connectivity index (χ4n) is 3.05. The van der Waals surface area contributed by atoms with Crippen LogP contribution in [0, 0.1) is 21.4 Å². The van der Waals surface area contributed by atoms with Crippen molar-refractivity contribution in [3.05, 3.63) is 33.9 Å². The van der Waals surface area contributed by atoms with Crippen molar-refractivity contribution < 1.29 is 9.72 Å². The maximum atomic E-state index is 12.2. The minimum Gasteiger partial charge on any atom is -0.369 e. The van der Waals surface area contributed by atoms with Gasteiger partial charge < -0.3 is 10.2 Å². The molecule has 3 rings (SSSR count). The van der Waals surface area contributed by atoms with Crippen LogP contribution in [0.2, 0.25) is 0 Å². The van der Waals surface area contributed by atoms with Gasteiger partial charge in [0.1, 0.15) is 11.6 Å². The van der Waals surface area contributed by atoms with E-state index in [2.05, 4.69) is 15.1 Å². The van der Waals surface area contributed by atoms with Crippen molar-refractivity contribution in [1.82, 2.24) is 10.2 Å². The smallest absolute Gasteiger partial charge is 0.289 e. The molecule has 8 heteroatoms. The van der Waals surface area contributed by atoms with Crippen LogP contribution in [0.15, 0.2) is 18.2 Å². The highest BCUT2D eigenvalue weighted by atomic mass is 16.6. The van der Waals surface area contributed by atoms with Crippen molar-refractivity contribution in [2.24, 2.45) is 0 Å². The Bertz CT molecular complexity index is 717. The molecule has 2 aliphatic rings. The third-order valence-electron chi connectivity index (χ3n) is 4.83. The molecular weight excluding hydrogens is 322 g/mol. The van der Waals surface area contributed by atoms with Gasteiger partial charge in [-0.25, -0.2) is 0 Å². The van der Waals surface area contributed by atoms with E-state index < -0.39 is 4.92 Å². The number of piperazine rings is 1. The van der Waals surface area contributed by atoms with Crippen molar-refractivity contribution in [2.75, 3.05) is 31.1 Å². The van der Waals surface area contributed by atoms with Crippen LogP contribution in [-0.2, 0) is 4.79 Å². The number of carbonyl (C=O) groups excluding carboxylic acids is 1. The maximum absolute atomic E-state index is 12.2. The molecule has 1 heterocycles. The summed E-state index contributed by atoms with van der Waals surface area (Å²) in [6.45, 7) is 4.72. The first kappa shape index (κ1) is 17.2. The monoisotopic (exact) mass is 343 g/mol. The largest absolute Gasteiger partial charge is 0.369 e. The van der Waals surface area contributed by atoms with E-state index >= 15 is 0 Å². The van der Waals surface area contributed by atoms with E-state index in [1.165, 1.54) is 12.1 Å². The van der Waals surface area contributed by atoms with Crippen LogP contribution in [0.5, 0.6) is 0 Å². The lowest BCUT2D eigenvalue weighted by molar-refractivity contribution is -0.385. The van der Waals surface area contributed by atoms with E-state index in [1.807, 2.05) is 13.0 Å². The van der Waals surface area contributed by atoms with Crippen LogP contribution in [-0.4, -0.2) is 54.0 Å². The Morgan fingerprint density at radius 1 is 1.36 bits per heavy atom. The molecule has 1 atom stereocenters. The first-order chi connectivity index (χ1) is 12.0. The van der Waals surface area contributed by atoms with E-state index in [9.17, 15) is 14.9 Å². The first-order valence-electron chi connectivity index (χ1n) is 8.47. The molecule has 1 aromatic carbocycles. The Labute approximate surface area is 146 Å². The second-order valence-electron chi connectivity index (χ2n) is 6.55. The van der Waals surface area contributed by atoms with Gasteiger partial charge in [-0.15, -0.1) is 0 Å². The summed E-state index contributed by atoms with van der Waals surface area (Å²) in [5.74, 6) is 0.0740. The molecular formula is C17H21N5O3. The molecule has 25 heavy (non-hydrogen) atoms. The van der Waals surface area contributed by atoms with Gasteiger partial charge in [0.2, 0.25) is 5.91 Å². The topological polar surface area (TPSA) is 103 Å². The molecule has 1 amide bonds. The fourth-order valence-corrected chi connectivity index (χ4v) is 3.05. The summed E-state index contributed by atoms with van der Waals surface area (Å²) >= 11 is 0. The Balaban J connectivity index is 1.62. The van der Waals surface area contributed by atoms with E-state index in [-0.39, 0.29) is 23.2 Å². The lowest BCUT2D eigenvalue weighted by Crippen LogP contribution is -2.54. The van der Waals surface area contributed by atoms with Crippen LogP contribution in [0.25, 0.3) is 0 Å². The number of rotatable bonds is 5. The maximum Gasteiger partial charge on any atom is 0.289 e. The lowest BCUT2D eigenvalue weighted by atomic mass is 10.1. The number of hydrogen-bond acceptors (Lipinski definition) is 6. The summed E-state index contributed by atoms with van der Waals surface area (Å²) in [6, 6.07) is 6.73. The van der Waals surface area contributed by atoms with E-state index in [1.54, 1.807) is 6.07 Å². The van der Waals surface area contributed by atoms with Crippen molar-refractivity contribution >= 4 is 17.3 Å². The number of nitrogens with zero attached hydrogens (tertiary/aromatic N) is 4. The summed E-state index contributed by atoms with van der Waals surface area (Å²) in [5.41, 5.74) is 0.637. The molecule has 1 aliphatic carbocycles. The molecule has 1 aromatic rings. The SMILES string of the molecule is C[C@H](C(=O)NC1CC1)N1CCN(c2ccc(C#N)c([N+](=O)[O-])c2)CC1. The van der Waals surface area contributed by atoms with Crippen LogP contribution in [0.4, 0.5) is 11.4 Å². The molecule has 1 aliphatic heterocycles.